The van der Waals surface area contributed by atoms with E-state index < -0.39 is 21.8 Å². The number of rotatable bonds is 6. The second kappa shape index (κ2) is 9.35. The van der Waals surface area contributed by atoms with Crippen molar-refractivity contribution >= 4 is 15.8 Å². The van der Waals surface area contributed by atoms with E-state index in [9.17, 15) is 21.6 Å². The second-order valence-corrected chi connectivity index (χ2v) is 10.1. The molecule has 0 radical (unpaired) electrons. The van der Waals surface area contributed by atoms with E-state index in [1.165, 1.54) is 13.1 Å². The molecule has 1 unspecified atom stereocenters. The minimum Gasteiger partial charge on any atom is -0.351 e. The van der Waals surface area contributed by atoms with Gasteiger partial charge in [-0.2, -0.15) is 18.3 Å². The molecule has 2 N–H and O–H groups in total. The molecule has 3 heterocycles. The smallest absolute Gasteiger partial charge is 0.351 e. The fourth-order valence-electron chi connectivity index (χ4n) is 4.08. The van der Waals surface area contributed by atoms with Crippen LogP contribution in [0.4, 0.5) is 19.0 Å². The van der Waals surface area contributed by atoms with Gasteiger partial charge in [0.2, 0.25) is 10.0 Å². The molecule has 0 aliphatic carbocycles. The number of pyridine rings is 1. The van der Waals surface area contributed by atoms with Crippen molar-refractivity contribution in [1.29, 1.82) is 0 Å². The quantitative estimate of drug-likeness (QED) is 0.547. The molecule has 1 atom stereocenters. The van der Waals surface area contributed by atoms with E-state index in [4.69, 9.17) is 0 Å². The van der Waals surface area contributed by atoms with Gasteiger partial charge in [0, 0.05) is 44.0 Å². The molecule has 0 amide bonds. The van der Waals surface area contributed by atoms with Crippen LogP contribution < -0.4 is 9.62 Å². The topological polar surface area (TPSA) is 94.2 Å². The molecule has 1 saturated heterocycles. The Kier molecular flexibility index (Phi) is 6.65. The second-order valence-electron chi connectivity index (χ2n) is 8.18. The lowest BCUT2D eigenvalue weighted by Crippen LogP contribution is -2.51. The minimum atomic E-state index is -4.40. The molecular weight excluding hydrogens is 469 g/mol. The van der Waals surface area contributed by atoms with Crippen molar-refractivity contribution in [3.8, 4) is 11.3 Å². The van der Waals surface area contributed by atoms with Crippen LogP contribution in [-0.2, 0) is 22.7 Å². The number of halogens is 3. The lowest BCUT2D eigenvalue weighted by atomic mass is 10.1. The van der Waals surface area contributed by atoms with Gasteiger partial charge in [0.15, 0.2) is 0 Å². The summed E-state index contributed by atoms with van der Waals surface area (Å²) in [5, 5.41) is 7.16. The van der Waals surface area contributed by atoms with Gasteiger partial charge in [0.05, 0.1) is 22.3 Å². The number of alkyl halides is 3. The van der Waals surface area contributed by atoms with Crippen LogP contribution in [0.25, 0.3) is 11.3 Å². The lowest BCUT2D eigenvalue weighted by Gasteiger charge is -2.40. The highest BCUT2D eigenvalue weighted by atomic mass is 32.2. The Morgan fingerprint density at radius 1 is 1.12 bits per heavy atom. The van der Waals surface area contributed by atoms with Crippen molar-refractivity contribution in [2.24, 2.45) is 0 Å². The third-order valence-electron chi connectivity index (χ3n) is 5.91. The van der Waals surface area contributed by atoms with Crippen molar-refractivity contribution in [3.05, 3.63) is 59.9 Å². The number of hydrogen-bond donors (Lipinski definition) is 2. The van der Waals surface area contributed by atoms with Crippen LogP contribution in [0.1, 0.15) is 18.1 Å². The number of aromatic nitrogens is 3. The number of anilines is 1. The van der Waals surface area contributed by atoms with E-state index in [0.717, 1.165) is 29.1 Å². The molecule has 0 spiro atoms. The Morgan fingerprint density at radius 2 is 1.85 bits per heavy atom. The summed E-state index contributed by atoms with van der Waals surface area (Å²) in [5.74, 6) is 0.528. The number of aromatic amines is 1. The van der Waals surface area contributed by atoms with Crippen LogP contribution in [0.15, 0.2) is 53.7 Å². The first-order valence-electron chi connectivity index (χ1n) is 10.7. The number of sulfonamides is 1. The van der Waals surface area contributed by atoms with Gasteiger partial charge >= 0.3 is 6.18 Å². The number of nitrogens with one attached hydrogen (secondary N) is 2. The highest BCUT2D eigenvalue weighted by Crippen LogP contribution is 2.30. The summed E-state index contributed by atoms with van der Waals surface area (Å²) in [6.45, 7) is 4.68. The largest absolute Gasteiger partial charge is 0.417 e. The zero-order valence-electron chi connectivity index (χ0n) is 18.7. The summed E-state index contributed by atoms with van der Waals surface area (Å²) >= 11 is 0. The average Bonchev–Trinajstić information content (AvgIpc) is 3.27. The number of H-pyrrole nitrogens is 1. The third kappa shape index (κ3) is 5.08. The maximum atomic E-state index is 12.8. The molecular formula is C22H25F3N6O2S. The number of piperazine rings is 1. The van der Waals surface area contributed by atoms with E-state index in [2.05, 4.69) is 24.8 Å². The highest BCUT2D eigenvalue weighted by molar-refractivity contribution is 7.89. The van der Waals surface area contributed by atoms with Crippen LogP contribution in [0.3, 0.4) is 0 Å². The summed E-state index contributed by atoms with van der Waals surface area (Å²) in [5.41, 5.74) is 1.85. The van der Waals surface area contributed by atoms with Crippen LogP contribution >= 0.6 is 0 Å². The van der Waals surface area contributed by atoms with Crippen LogP contribution in [0.2, 0.25) is 0 Å². The summed E-state index contributed by atoms with van der Waals surface area (Å²) in [4.78, 5) is 8.47. The van der Waals surface area contributed by atoms with Crippen LogP contribution in [-0.4, -0.2) is 61.2 Å². The molecule has 182 valence electrons. The van der Waals surface area contributed by atoms with Gasteiger partial charge in [-0.15, -0.1) is 0 Å². The summed E-state index contributed by atoms with van der Waals surface area (Å²) in [7, 11) is -2.14. The zero-order valence-corrected chi connectivity index (χ0v) is 19.5. The molecule has 3 aromatic rings. The Morgan fingerprint density at radius 3 is 2.44 bits per heavy atom. The van der Waals surface area contributed by atoms with Gasteiger partial charge in [-0.1, -0.05) is 12.1 Å². The first kappa shape index (κ1) is 24.2. The van der Waals surface area contributed by atoms with Crippen molar-refractivity contribution in [2.45, 2.75) is 30.6 Å². The van der Waals surface area contributed by atoms with Crippen molar-refractivity contribution in [1.82, 2.24) is 24.8 Å². The Balaban J connectivity index is 1.43. The van der Waals surface area contributed by atoms with Crippen LogP contribution in [0, 0.1) is 0 Å². The van der Waals surface area contributed by atoms with Crippen molar-refractivity contribution < 1.29 is 21.6 Å². The van der Waals surface area contributed by atoms with Gasteiger partial charge in [0.25, 0.3) is 0 Å². The maximum Gasteiger partial charge on any atom is 0.417 e. The zero-order chi connectivity index (χ0) is 24.5. The molecule has 1 aliphatic rings. The van der Waals surface area contributed by atoms with Gasteiger partial charge in [-0.05, 0) is 43.8 Å². The van der Waals surface area contributed by atoms with E-state index >= 15 is 0 Å². The molecule has 4 rings (SSSR count). The normalized spacial score (nSPS) is 17.8. The molecule has 1 aromatic carbocycles. The molecule has 2 aromatic heterocycles. The minimum absolute atomic E-state index is 0.0550. The maximum absolute atomic E-state index is 12.8. The van der Waals surface area contributed by atoms with Crippen LogP contribution in [0.5, 0.6) is 0 Å². The number of benzene rings is 1. The van der Waals surface area contributed by atoms with E-state index in [-0.39, 0.29) is 10.9 Å². The first-order chi connectivity index (χ1) is 16.1. The SMILES string of the molecule is CNS(=O)(=O)c1ccc(-c2[nH]ncc2CN2CCN(c3ccc(C(F)(F)F)cn3)C(C)C2)cc1. The predicted molar refractivity (Wildman–Crippen MR) is 122 cm³/mol. The molecule has 1 fully saturated rings. The van der Waals surface area contributed by atoms with Crippen molar-refractivity contribution in [3.63, 3.8) is 0 Å². The van der Waals surface area contributed by atoms with E-state index in [1.807, 2.05) is 11.8 Å². The van der Waals surface area contributed by atoms with Gasteiger partial charge < -0.3 is 4.90 Å². The lowest BCUT2D eigenvalue weighted by molar-refractivity contribution is -0.137. The molecule has 8 nitrogen and oxygen atoms in total. The Bertz CT molecular complexity index is 1230. The predicted octanol–water partition coefficient (Wildman–Crippen LogP) is 3.11. The van der Waals surface area contributed by atoms with Gasteiger partial charge in [-0.3, -0.25) is 10.00 Å². The summed E-state index contributed by atoms with van der Waals surface area (Å²) < 4.78 is 64.6. The van der Waals surface area contributed by atoms with Gasteiger partial charge in [0.1, 0.15) is 5.82 Å². The molecule has 0 bridgehead atoms. The summed E-state index contributed by atoms with van der Waals surface area (Å²) in [6, 6.07) is 9.09. The monoisotopic (exact) mass is 494 g/mol. The fourth-order valence-corrected chi connectivity index (χ4v) is 4.81. The van der Waals surface area contributed by atoms with E-state index in [0.29, 0.717) is 32.0 Å². The fraction of sp³-hybridized carbons (Fsp3) is 0.364. The summed E-state index contributed by atoms with van der Waals surface area (Å²) in [6.07, 6.45) is -1.78. The molecule has 1 aliphatic heterocycles. The van der Waals surface area contributed by atoms with Crippen molar-refractivity contribution in [2.75, 3.05) is 31.6 Å². The van der Waals surface area contributed by atoms with Gasteiger partial charge in [-0.25, -0.2) is 18.1 Å². The standard InChI is InChI=1S/C22H25F3N6O2S/c1-15-13-30(9-10-31(15)20-8-5-18(12-27-20)22(23,24)25)14-17-11-28-29-21(17)16-3-6-19(7-4-16)34(32,33)26-2/h3-8,11-12,15,26H,9-10,13-14H2,1-2H3,(H,28,29). The molecule has 12 heteroatoms. The first-order valence-corrected chi connectivity index (χ1v) is 12.2. The number of nitrogens with zero attached hydrogens (tertiary/aromatic N) is 4. The molecule has 34 heavy (non-hydrogen) atoms. The van der Waals surface area contributed by atoms with E-state index in [1.54, 1.807) is 30.5 Å². The highest BCUT2D eigenvalue weighted by Gasteiger charge is 2.32. The Hall–Kier alpha value is -2.96. The third-order valence-corrected chi connectivity index (χ3v) is 7.35. The average molecular weight is 495 g/mol. The Labute approximate surface area is 195 Å². The number of hydrogen-bond acceptors (Lipinski definition) is 6. The molecule has 0 saturated carbocycles.